The molecule has 1 unspecified atom stereocenters. The van der Waals surface area contributed by atoms with Crippen LogP contribution in [0.25, 0.3) is 10.9 Å². The van der Waals surface area contributed by atoms with Gasteiger partial charge < -0.3 is 15.2 Å². The van der Waals surface area contributed by atoms with Crippen molar-refractivity contribution in [1.29, 1.82) is 0 Å². The Balaban J connectivity index is 1.89. The van der Waals surface area contributed by atoms with Gasteiger partial charge in [-0.05, 0) is 12.1 Å². The van der Waals surface area contributed by atoms with Crippen molar-refractivity contribution in [2.45, 2.75) is 6.54 Å². The molecule has 0 aliphatic carbocycles. The quantitative estimate of drug-likeness (QED) is 0.610. The van der Waals surface area contributed by atoms with E-state index in [0.29, 0.717) is 36.4 Å². The fourth-order valence-electron chi connectivity index (χ4n) is 2.36. The van der Waals surface area contributed by atoms with Crippen LogP contribution < -0.4 is 15.8 Å². The van der Waals surface area contributed by atoms with Gasteiger partial charge in [0.2, 0.25) is 0 Å². The van der Waals surface area contributed by atoms with Crippen molar-refractivity contribution in [2.75, 3.05) is 19.6 Å². The molecule has 1 aliphatic rings. The van der Waals surface area contributed by atoms with Gasteiger partial charge in [-0.1, -0.05) is 12.1 Å². The van der Waals surface area contributed by atoms with Gasteiger partial charge in [0, 0.05) is 0 Å². The molecule has 2 aromatic rings. The van der Waals surface area contributed by atoms with Gasteiger partial charge >= 0.3 is 0 Å². The molecule has 3 rings (SSSR count). The molecule has 0 bridgehead atoms. The average molecular weight is 259 g/mol. The van der Waals surface area contributed by atoms with Crippen molar-refractivity contribution in [3.05, 3.63) is 40.4 Å². The van der Waals surface area contributed by atoms with Gasteiger partial charge in [0.15, 0.2) is 12.4 Å². The number of aromatic amines is 1. The first-order valence-electron chi connectivity index (χ1n) is 6.30. The second kappa shape index (κ2) is 4.81. The predicted octanol–water partition coefficient (Wildman–Crippen LogP) is -1.56. The lowest BCUT2D eigenvalue weighted by atomic mass is 10.2. The molecule has 1 aromatic carbocycles. The van der Waals surface area contributed by atoms with E-state index in [1.165, 1.54) is 0 Å². The molecule has 1 aliphatic heterocycles. The molecule has 98 valence electrons. The predicted molar refractivity (Wildman–Crippen MR) is 69.8 cm³/mol. The van der Waals surface area contributed by atoms with Gasteiger partial charge in [0.25, 0.3) is 11.5 Å². The number of hydrogen-bond acceptors (Lipinski definition) is 3. The summed E-state index contributed by atoms with van der Waals surface area (Å²) in [7, 11) is 0. The molecule has 1 aromatic heterocycles. The number of piperazine rings is 1. The summed E-state index contributed by atoms with van der Waals surface area (Å²) in [6, 6.07) is 7.26. The SMILES string of the molecule is O=C1C[NH+](Cc2nc3ccccc3c(=O)[nH]2)CCN1. The van der Waals surface area contributed by atoms with Crippen molar-refractivity contribution in [3.8, 4) is 0 Å². The Morgan fingerprint density at radius 1 is 1.26 bits per heavy atom. The number of rotatable bonds is 2. The van der Waals surface area contributed by atoms with Gasteiger partial charge in [0.1, 0.15) is 6.54 Å². The van der Waals surface area contributed by atoms with E-state index < -0.39 is 0 Å². The van der Waals surface area contributed by atoms with E-state index >= 15 is 0 Å². The summed E-state index contributed by atoms with van der Waals surface area (Å²) >= 11 is 0. The zero-order valence-electron chi connectivity index (χ0n) is 10.4. The Hall–Kier alpha value is -2.21. The number of fused-ring (bicyclic) bond motifs is 1. The van der Waals surface area contributed by atoms with Crippen LogP contribution in [0.4, 0.5) is 0 Å². The lowest BCUT2D eigenvalue weighted by molar-refractivity contribution is -0.907. The van der Waals surface area contributed by atoms with E-state index in [1.54, 1.807) is 6.07 Å². The molecule has 1 fully saturated rings. The number of carbonyl (C=O) groups is 1. The van der Waals surface area contributed by atoms with E-state index in [2.05, 4.69) is 15.3 Å². The van der Waals surface area contributed by atoms with Crippen LogP contribution in [0.2, 0.25) is 0 Å². The van der Waals surface area contributed by atoms with Crippen molar-refractivity contribution >= 4 is 16.8 Å². The van der Waals surface area contributed by atoms with E-state index in [1.807, 2.05) is 18.2 Å². The molecule has 0 saturated carbocycles. The van der Waals surface area contributed by atoms with Crippen LogP contribution in [0.3, 0.4) is 0 Å². The topological polar surface area (TPSA) is 79.3 Å². The highest BCUT2D eigenvalue weighted by atomic mass is 16.2. The van der Waals surface area contributed by atoms with Crippen molar-refractivity contribution in [3.63, 3.8) is 0 Å². The van der Waals surface area contributed by atoms with Gasteiger partial charge in [-0.25, -0.2) is 4.98 Å². The molecular weight excluding hydrogens is 244 g/mol. The van der Waals surface area contributed by atoms with Crippen LogP contribution in [-0.4, -0.2) is 35.5 Å². The number of hydrogen-bond donors (Lipinski definition) is 3. The van der Waals surface area contributed by atoms with E-state index in [9.17, 15) is 9.59 Å². The van der Waals surface area contributed by atoms with Gasteiger partial charge in [0.05, 0.1) is 24.0 Å². The number of amides is 1. The highest BCUT2D eigenvalue weighted by Gasteiger charge is 2.20. The van der Waals surface area contributed by atoms with Crippen LogP contribution >= 0.6 is 0 Å². The number of carbonyl (C=O) groups excluding carboxylic acids is 1. The van der Waals surface area contributed by atoms with Crippen LogP contribution in [0.5, 0.6) is 0 Å². The lowest BCUT2D eigenvalue weighted by Gasteiger charge is -2.22. The zero-order chi connectivity index (χ0) is 13.2. The van der Waals surface area contributed by atoms with E-state index in [0.717, 1.165) is 11.4 Å². The van der Waals surface area contributed by atoms with Crippen LogP contribution in [-0.2, 0) is 11.3 Å². The summed E-state index contributed by atoms with van der Waals surface area (Å²) in [6.07, 6.45) is 0. The molecule has 0 spiro atoms. The normalized spacial score (nSPS) is 19.4. The number of nitrogens with one attached hydrogen (secondary N) is 3. The summed E-state index contributed by atoms with van der Waals surface area (Å²) in [5.74, 6) is 0.679. The molecule has 1 amide bonds. The first-order valence-corrected chi connectivity index (χ1v) is 6.30. The van der Waals surface area contributed by atoms with Gasteiger partial charge in [-0.2, -0.15) is 0 Å². The molecule has 2 heterocycles. The summed E-state index contributed by atoms with van der Waals surface area (Å²) in [6.45, 7) is 2.51. The summed E-state index contributed by atoms with van der Waals surface area (Å²) in [4.78, 5) is 31.6. The minimum atomic E-state index is -0.124. The molecule has 3 N–H and O–H groups in total. The van der Waals surface area contributed by atoms with Gasteiger partial charge in [-0.15, -0.1) is 0 Å². The first-order chi connectivity index (χ1) is 9.22. The third kappa shape index (κ3) is 2.48. The molecule has 19 heavy (non-hydrogen) atoms. The number of H-pyrrole nitrogens is 1. The number of quaternary nitrogens is 1. The summed E-state index contributed by atoms with van der Waals surface area (Å²) in [5, 5.41) is 3.38. The Labute approximate surface area is 109 Å². The lowest BCUT2D eigenvalue weighted by Crippen LogP contribution is -3.14. The Morgan fingerprint density at radius 2 is 2.11 bits per heavy atom. The third-order valence-electron chi connectivity index (χ3n) is 3.29. The zero-order valence-corrected chi connectivity index (χ0v) is 10.4. The van der Waals surface area contributed by atoms with Crippen molar-refractivity contribution < 1.29 is 9.69 Å². The fraction of sp³-hybridized carbons (Fsp3) is 0.308. The standard InChI is InChI=1S/C13H14N4O2/c18-12-8-17(6-5-14-12)7-11-15-10-4-2-1-3-9(10)13(19)16-11/h1-4H,5-8H2,(H,14,18)(H,15,16,19)/p+1. The molecule has 0 radical (unpaired) electrons. The highest BCUT2D eigenvalue weighted by molar-refractivity contribution is 5.77. The largest absolute Gasteiger partial charge is 0.346 e. The average Bonchev–Trinajstić information content (AvgIpc) is 2.39. The molecule has 6 nitrogen and oxygen atoms in total. The maximum absolute atomic E-state index is 11.9. The maximum atomic E-state index is 11.9. The minimum absolute atomic E-state index is 0.0457. The monoisotopic (exact) mass is 259 g/mol. The molecular formula is C13H15N4O2+. The molecule has 1 atom stereocenters. The fourth-order valence-corrected chi connectivity index (χ4v) is 2.36. The van der Waals surface area contributed by atoms with E-state index in [4.69, 9.17) is 0 Å². The van der Waals surface area contributed by atoms with Crippen LogP contribution in [0.15, 0.2) is 29.1 Å². The van der Waals surface area contributed by atoms with Gasteiger partial charge in [-0.3, -0.25) is 9.59 Å². The Morgan fingerprint density at radius 3 is 2.95 bits per heavy atom. The third-order valence-corrected chi connectivity index (χ3v) is 3.29. The smallest absolute Gasteiger partial charge is 0.275 e. The highest BCUT2D eigenvalue weighted by Crippen LogP contribution is 2.04. The molecule has 1 saturated heterocycles. The first kappa shape index (κ1) is 11.9. The second-order valence-electron chi connectivity index (χ2n) is 4.73. The maximum Gasteiger partial charge on any atom is 0.275 e. The van der Waals surface area contributed by atoms with Crippen LogP contribution in [0, 0.1) is 0 Å². The summed E-state index contributed by atoms with van der Waals surface area (Å²) < 4.78 is 0. The number of benzene rings is 1. The van der Waals surface area contributed by atoms with Crippen LogP contribution in [0.1, 0.15) is 5.82 Å². The van der Waals surface area contributed by atoms with E-state index in [-0.39, 0.29) is 11.5 Å². The second-order valence-corrected chi connectivity index (χ2v) is 4.73. The minimum Gasteiger partial charge on any atom is -0.346 e. The number of nitrogens with zero attached hydrogens (tertiary/aromatic N) is 1. The number of para-hydroxylation sites is 1. The summed E-state index contributed by atoms with van der Waals surface area (Å²) in [5.41, 5.74) is 0.573. The Bertz CT molecular complexity index is 680. The Kier molecular flexibility index (Phi) is 3.00. The number of aromatic nitrogens is 2. The van der Waals surface area contributed by atoms with Crippen molar-refractivity contribution in [2.24, 2.45) is 0 Å². The molecule has 6 heteroatoms. The van der Waals surface area contributed by atoms with Crippen molar-refractivity contribution in [1.82, 2.24) is 15.3 Å².